The summed E-state index contributed by atoms with van der Waals surface area (Å²) in [6.45, 7) is 4.05. The number of rotatable bonds is 7. The van der Waals surface area contributed by atoms with Crippen LogP contribution in [0.2, 0.25) is 0 Å². The third-order valence-electron chi connectivity index (χ3n) is 3.01. The maximum atomic E-state index is 12.0. The number of anilines is 1. The number of hydrogen-bond donors (Lipinski definition) is 1. The van der Waals surface area contributed by atoms with Crippen LogP contribution in [-0.2, 0) is 14.3 Å². The smallest absolute Gasteiger partial charge is 0.319 e. The van der Waals surface area contributed by atoms with Gasteiger partial charge in [0.2, 0.25) is 5.91 Å². The second-order valence-corrected chi connectivity index (χ2v) is 4.85. The van der Waals surface area contributed by atoms with Crippen molar-refractivity contribution < 1.29 is 19.1 Å². The molecule has 0 aliphatic rings. The zero-order valence-electron chi connectivity index (χ0n) is 12.9. The molecule has 21 heavy (non-hydrogen) atoms. The third kappa shape index (κ3) is 5.83. The fraction of sp³-hybridized carbons (Fsp3) is 0.467. The standard InChI is InChI=1S/C15H22N2O4/c1-11(2)17(10-15(19)21-4)9-14(18)16-12-5-7-13(20-3)8-6-12/h5-8,11H,9-10H2,1-4H3,(H,16,18). The van der Waals surface area contributed by atoms with Crippen molar-refractivity contribution in [2.75, 3.05) is 32.6 Å². The Balaban J connectivity index is 2.58. The number of carbonyl (C=O) groups is 2. The summed E-state index contributed by atoms with van der Waals surface area (Å²) in [7, 11) is 2.92. The molecule has 0 saturated carbocycles. The molecule has 0 fully saturated rings. The first kappa shape index (κ1) is 17.0. The Hall–Kier alpha value is -2.08. The predicted molar refractivity (Wildman–Crippen MR) is 80.3 cm³/mol. The lowest BCUT2D eigenvalue weighted by Gasteiger charge is -2.24. The van der Waals surface area contributed by atoms with Crippen molar-refractivity contribution in [1.82, 2.24) is 4.90 Å². The minimum absolute atomic E-state index is 0.0608. The van der Waals surface area contributed by atoms with Crippen LogP contribution in [0, 0.1) is 0 Å². The van der Waals surface area contributed by atoms with E-state index in [4.69, 9.17) is 4.74 Å². The van der Waals surface area contributed by atoms with Crippen LogP contribution in [0.15, 0.2) is 24.3 Å². The summed E-state index contributed by atoms with van der Waals surface area (Å²) in [6, 6.07) is 7.12. The molecule has 1 amide bonds. The Morgan fingerprint density at radius 2 is 1.76 bits per heavy atom. The first-order chi connectivity index (χ1) is 9.96. The Labute approximate surface area is 125 Å². The molecule has 0 radical (unpaired) electrons. The van der Waals surface area contributed by atoms with E-state index in [9.17, 15) is 9.59 Å². The number of nitrogens with one attached hydrogen (secondary N) is 1. The van der Waals surface area contributed by atoms with Gasteiger partial charge in [0, 0.05) is 11.7 Å². The van der Waals surface area contributed by atoms with E-state index in [1.165, 1.54) is 7.11 Å². The van der Waals surface area contributed by atoms with Crippen LogP contribution in [0.3, 0.4) is 0 Å². The van der Waals surface area contributed by atoms with E-state index < -0.39 is 0 Å². The first-order valence-corrected chi connectivity index (χ1v) is 6.71. The van der Waals surface area contributed by atoms with Crippen LogP contribution in [-0.4, -0.2) is 50.1 Å². The molecule has 1 rings (SSSR count). The molecule has 0 aliphatic heterocycles. The molecule has 116 valence electrons. The Bertz CT molecular complexity index is 471. The molecule has 0 atom stereocenters. The van der Waals surface area contributed by atoms with Gasteiger partial charge in [0.25, 0.3) is 0 Å². The van der Waals surface area contributed by atoms with E-state index in [2.05, 4.69) is 10.1 Å². The van der Waals surface area contributed by atoms with Crippen molar-refractivity contribution in [2.45, 2.75) is 19.9 Å². The topological polar surface area (TPSA) is 67.9 Å². The van der Waals surface area contributed by atoms with E-state index in [0.29, 0.717) is 5.69 Å². The van der Waals surface area contributed by atoms with Crippen molar-refractivity contribution in [2.24, 2.45) is 0 Å². The van der Waals surface area contributed by atoms with Gasteiger partial charge in [0.05, 0.1) is 27.3 Å². The normalized spacial score (nSPS) is 10.6. The average Bonchev–Trinajstić information content (AvgIpc) is 2.47. The lowest BCUT2D eigenvalue weighted by Crippen LogP contribution is -2.41. The summed E-state index contributed by atoms with van der Waals surface area (Å²) >= 11 is 0. The van der Waals surface area contributed by atoms with E-state index >= 15 is 0 Å². The maximum absolute atomic E-state index is 12.0. The fourth-order valence-corrected chi connectivity index (χ4v) is 1.71. The van der Waals surface area contributed by atoms with E-state index in [0.717, 1.165) is 5.75 Å². The van der Waals surface area contributed by atoms with Crippen LogP contribution in [0.25, 0.3) is 0 Å². The van der Waals surface area contributed by atoms with Crippen LogP contribution in [0.4, 0.5) is 5.69 Å². The van der Waals surface area contributed by atoms with Crippen molar-refractivity contribution in [3.05, 3.63) is 24.3 Å². The molecule has 0 bridgehead atoms. The largest absolute Gasteiger partial charge is 0.497 e. The predicted octanol–water partition coefficient (Wildman–Crippen LogP) is 1.52. The number of carbonyl (C=O) groups excluding carboxylic acids is 2. The second-order valence-electron chi connectivity index (χ2n) is 4.85. The van der Waals surface area contributed by atoms with Crippen LogP contribution >= 0.6 is 0 Å². The number of nitrogens with zero attached hydrogens (tertiary/aromatic N) is 1. The first-order valence-electron chi connectivity index (χ1n) is 6.71. The highest BCUT2D eigenvalue weighted by Gasteiger charge is 2.17. The van der Waals surface area contributed by atoms with Gasteiger partial charge in [-0.3, -0.25) is 14.5 Å². The molecule has 0 aromatic heterocycles. The van der Waals surface area contributed by atoms with Gasteiger partial charge in [-0.15, -0.1) is 0 Å². The van der Waals surface area contributed by atoms with Gasteiger partial charge >= 0.3 is 5.97 Å². The van der Waals surface area contributed by atoms with Gasteiger partial charge in [-0.2, -0.15) is 0 Å². The zero-order valence-corrected chi connectivity index (χ0v) is 12.9. The van der Waals surface area contributed by atoms with E-state index in [1.807, 2.05) is 13.8 Å². The highest BCUT2D eigenvalue weighted by Crippen LogP contribution is 2.15. The van der Waals surface area contributed by atoms with Crippen LogP contribution in [0.5, 0.6) is 5.75 Å². The van der Waals surface area contributed by atoms with Gasteiger partial charge < -0.3 is 14.8 Å². The van der Waals surface area contributed by atoms with E-state index in [1.54, 1.807) is 36.3 Å². The SMILES string of the molecule is COC(=O)CN(CC(=O)Nc1ccc(OC)cc1)C(C)C. The van der Waals surface area contributed by atoms with Crippen molar-refractivity contribution in [1.29, 1.82) is 0 Å². The number of ether oxygens (including phenoxy) is 2. The molecule has 0 spiro atoms. The fourth-order valence-electron chi connectivity index (χ4n) is 1.71. The molecular formula is C15H22N2O4. The quantitative estimate of drug-likeness (QED) is 0.772. The number of benzene rings is 1. The molecule has 0 heterocycles. The number of amides is 1. The molecule has 0 aliphatic carbocycles. The number of hydrogen-bond acceptors (Lipinski definition) is 5. The van der Waals surface area contributed by atoms with Crippen molar-refractivity contribution in [3.63, 3.8) is 0 Å². The Morgan fingerprint density at radius 3 is 2.24 bits per heavy atom. The van der Waals surface area contributed by atoms with Gasteiger partial charge in [0.15, 0.2) is 0 Å². The summed E-state index contributed by atoms with van der Waals surface area (Å²) in [5, 5.41) is 2.78. The molecule has 6 nitrogen and oxygen atoms in total. The van der Waals surface area contributed by atoms with Crippen LogP contribution in [0.1, 0.15) is 13.8 Å². The summed E-state index contributed by atoms with van der Waals surface area (Å²) in [4.78, 5) is 25.1. The van der Waals surface area contributed by atoms with Gasteiger partial charge in [-0.05, 0) is 38.1 Å². The van der Waals surface area contributed by atoms with Crippen molar-refractivity contribution >= 4 is 17.6 Å². The number of methoxy groups -OCH3 is 2. The van der Waals surface area contributed by atoms with Gasteiger partial charge in [0.1, 0.15) is 5.75 Å². The third-order valence-corrected chi connectivity index (χ3v) is 3.01. The minimum Gasteiger partial charge on any atom is -0.497 e. The maximum Gasteiger partial charge on any atom is 0.319 e. The molecular weight excluding hydrogens is 272 g/mol. The zero-order chi connectivity index (χ0) is 15.8. The Kier molecular flexibility index (Phi) is 6.68. The molecule has 1 N–H and O–H groups in total. The van der Waals surface area contributed by atoms with Crippen LogP contribution < -0.4 is 10.1 Å². The molecule has 6 heteroatoms. The average molecular weight is 294 g/mol. The number of esters is 1. The summed E-state index contributed by atoms with van der Waals surface area (Å²) < 4.78 is 9.68. The summed E-state index contributed by atoms with van der Waals surface area (Å²) in [6.07, 6.45) is 0. The summed E-state index contributed by atoms with van der Waals surface area (Å²) in [5.41, 5.74) is 0.683. The minimum atomic E-state index is -0.360. The Morgan fingerprint density at radius 1 is 1.14 bits per heavy atom. The van der Waals surface area contributed by atoms with Crippen molar-refractivity contribution in [3.8, 4) is 5.75 Å². The summed E-state index contributed by atoms with van der Waals surface area (Å²) in [5.74, 6) is 0.182. The highest BCUT2D eigenvalue weighted by molar-refractivity contribution is 5.92. The lowest BCUT2D eigenvalue weighted by atomic mass is 10.3. The van der Waals surface area contributed by atoms with Gasteiger partial charge in [-0.1, -0.05) is 0 Å². The highest BCUT2D eigenvalue weighted by atomic mass is 16.5. The molecule has 1 aromatic rings. The lowest BCUT2D eigenvalue weighted by molar-refractivity contribution is -0.142. The molecule has 0 saturated heterocycles. The monoisotopic (exact) mass is 294 g/mol. The van der Waals surface area contributed by atoms with Gasteiger partial charge in [-0.25, -0.2) is 0 Å². The second kappa shape index (κ2) is 8.26. The molecule has 0 unspecified atom stereocenters. The van der Waals surface area contributed by atoms with E-state index in [-0.39, 0.29) is 31.0 Å². The molecule has 1 aromatic carbocycles.